The van der Waals surface area contributed by atoms with Crippen LogP contribution in [0.4, 0.5) is 0 Å². The van der Waals surface area contributed by atoms with Gasteiger partial charge in [-0.1, -0.05) is 6.42 Å². The van der Waals surface area contributed by atoms with Gasteiger partial charge in [-0.05, 0) is 19.3 Å². The molecule has 2 atom stereocenters. The molecule has 0 heterocycles. The molecule has 1 rings (SSSR count). The van der Waals surface area contributed by atoms with Gasteiger partial charge in [0, 0.05) is 14.2 Å². The molecule has 0 aromatic heterocycles. The van der Waals surface area contributed by atoms with Crippen LogP contribution in [0.3, 0.4) is 0 Å². The summed E-state index contributed by atoms with van der Waals surface area (Å²) in [5, 5.41) is 0. The van der Waals surface area contributed by atoms with Crippen LogP contribution in [0.1, 0.15) is 25.7 Å². The van der Waals surface area contributed by atoms with Crippen LogP contribution in [-0.2, 0) is 9.47 Å². The molecule has 3 nitrogen and oxygen atoms in total. The van der Waals surface area contributed by atoms with E-state index in [0.29, 0.717) is 0 Å². The van der Waals surface area contributed by atoms with Crippen LogP contribution in [0.2, 0.25) is 0 Å². The summed E-state index contributed by atoms with van der Waals surface area (Å²) in [4.78, 5) is 0. The molecule has 3 heteroatoms. The topological polar surface area (TPSA) is 44.5 Å². The van der Waals surface area contributed by atoms with Gasteiger partial charge in [0.25, 0.3) is 0 Å². The fraction of sp³-hybridized carbons (Fsp3) is 1.00. The van der Waals surface area contributed by atoms with Crippen molar-refractivity contribution in [1.82, 2.24) is 0 Å². The van der Waals surface area contributed by atoms with E-state index < -0.39 is 5.72 Å². The molecular formula is C8H17NO2. The summed E-state index contributed by atoms with van der Waals surface area (Å²) in [5.74, 6) is 0. The van der Waals surface area contributed by atoms with Gasteiger partial charge in [0.2, 0.25) is 0 Å². The van der Waals surface area contributed by atoms with E-state index in [4.69, 9.17) is 15.2 Å². The highest BCUT2D eigenvalue weighted by Crippen LogP contribution is 2.28. The minimum atomic E-state index is -0.535. The van der Waals surface area contributed by atoms with Gasteiger partial charge in [0.15, 0.2) is 0 Å². The van der Waals surface area contributed by atoms with Crippen molar-refractivity contribution >= 4 is 0 Å². The zero-order chi connectivity index (χ0) is 8.32. The lowest BCUT2D eigenvalue weighted by Gasteiger charge is -2.38. The average molecular weight is 159 g/mol. The van der Waals surface area contributed by atoms with Crippen LogP contribution >= 0.6 is 0 Å². The zero-order valence-electron chi connectivity index (χ0n) is 7.30. The molecule has 2 N–H and O–H groups in total. The lowest BCUT2D eigenvalue weighted by Crippen LogP contribution is -2.55. The van der Waals surface area contributed by atoms with E-state index in [9.17, 15) is 0 Å². The van der Waals surface area contributed by atoms with E-state index in [-0.39, 0.29) is 6.10 Å². The summed E-state index contributed by atoms with van der Waals surface area (Å²) in [6.07, 6.45) is 4.33. The van der Waals surface area contributed by atoms with Crippen molar-refractivity contribution in [3.63, 3.8) is 0 Å². The summed E-state index contributed by atoms with van der Waals surface area (Å²) < 4.78 is 10.5. The molecule has 0 radical (unpaired) electrons. The van der Waals surface area contributed by atoms with Crippen LogP contribution < -0.4 is 5.73 Å². The maximum absolute atomic E-state index is 5.97. The molecule has 0 amide bonds. The molecule has 66 valence electrons. The van der Waals surface area contributed by atoms with Crippen LogP contribution in [-0.4, -0.2) is 26.0 Å². The molecule has 1 saturated carbocycles. The predicted molar refractivity (Wildman–Crippen MR) is 43.2 cm³/mol. The van der Waals surface area contributed by atoms with E-state index in [1.807, 2.05) is 0 Å². The van der Waals surface area contributed by atoms with Gasteiger partial charge in [-0.2, -0.15) is 0 Å². The molecular weight excluding hydrogens is 142 g/mol. The maximum Gasteiger partial charge on any atom is 0.142 e. The highest BCUT2D eigenvalue weighted by atomic mass is 16.5. The second-order valence-corrected chi connectivity index (χ2v) is 3.13. The molecule has 2 unspecified atom stereocenters. The minimum Gasteiger partial charge on any atom is -0.377 e. The number of rotatable bonds is 2. The van der Waals surface area contributed by atoms with Gasteiger partial charge >= 0.3 is 0 Å². The van der Waals surface area contributed by atoms with Crippen molar-refractivity contribution in [3.05, 3.63) is 0 Å². The third-order valence-electron chi connectivity index (χ3n) is 2.49. The largest absolute Gasteiger partial charge is 0.377 e. The van der Waals surface area contributed by atoms with Gasteiger partial charge in [-0.25, -0.2) is 0 Å². The fourth-order valence-electron chi connectivity index (χ4n) is 1.69. The standard InChI is InChI=1S/C8H17NO2/c1-10-7-5-3-4-6-8(7,9)11-2/h7H,3-6,9H2,1-2H3. The first-order valence-electron chi connectivity index (χ1n) is 4.10. The molecule has 0 saturated heterocycles. The number of hydrogen-bond acceptors (Lipinski definition) is 3. The Kier molecular flexibility index (Phi) is 2.87. The summed E-state index contributed by atoms with van der Waals surface area (Å²) in [5.41, 5.74) is 5.43. The van der Waals surface area contributed by atoms with Crippen molar-refractivity contribution < 1.29 is 9.47 Å². The minimum absolute atomic E-state index is 0.0706. The Morgan fingerprint density at radius 1 is 1.36 bits per heavy atom. The van der Waals surface area contributed by atoms with Crippen molar-refractivity contribution in [2.75, 3.05) is 14.2 Å². The second kappa shape index (κ2) is 3.52. The van der Waals surface area contributed by atoms with Crippen LogP contribution in [0.5, 0.6) is 0 Å². The molecule has 1 aliphatic rings. The van der Waals surface area contributed by atoms with Crippen molar-refractivity contribution in [2.24, 2.45) is 5.73 Å². The quantitative estimate of drug-likeness (QED) is 0.608. The first kappa shape index (κ1) is 8.97. The van der Waals surface area contributed by atoms with E-state index in [1.165, 1.54) is 6.42 Å². The number of hydrogen-bond donors (Lipinski definition) is 1. The fourth-order valence-corrected chi connectivity index (χ4v) is 1.69. The lowest BCUT2D eigenvalue weighted by molar-refractivity contribution is -0.134. The van der Waals surface area contributed by atoms with Gasteiger partial charge in [0.1, 0.15) is 5.72 Å². The van der Waals surface area contributed by atoms with Gasteiger partial charge in [-0.3, -0.25) is 0 Å². The summed E-state index contributed by atoms with van der Waals surface area (Å²) in [7, 11) is 3.34. The smallest absolute Gasteiger partial charge is 0.142 e. The van der Waals surface area contributed by atoms with E-state index in [1.54, 1.807) is 14.2 Å². The Morgan fingerprint density at radius 2 is 2.09 bits per heavy atom. The molecule has 0 aliphatic heterocycles. The highest BCUT2D eigenvalue weighted by Gasteiger charge is 2.37. The Labute approximate surface area is 67.9 Å². The van der Waals surface area contributed by atoms with Gasteiger partial charge < -0.3 is 15.2 Å². The van der Waals surface area contributed by atoms with Crippen LogP contribution in [0, 0.1) is 0 Å². The normalized spacial score (nSPS) is 39.0. The highest BCUT2D eigenvalue weighted by molar-refractivity contribution is 4.87. The van der Waals surface area contributed by atoms with Crippen LogP contribution in [0.15, 0.2) is 0 Å². The second-order valence-electron chi connectivity index (χ2n) is 3.13. The Balaban J connectivity index is 2.57. The van der Waals surface area contributed by atoms with Crippen molar-refractivity contribution in [3.8, 4) is 0 Å². The van der Waals surface area contributed by atoms with E-state index in [2.05, 4.69) is 0 Å². The summed E-state index contributed by atoms with van der Waals surface area (Å²) >= 11 is 0. The third-order valence-corrected chi connectivity index (χ3v) is 2.49. The Hall–Kier alpha value is -0.120. The SMILES string of the molecule is COC1CCCCC1(N)OC. The first-order valence-corrected chi connectivity index (χ1v) is 4.10. The maximum atomic E-state index is 5.97. The molecule has 0 bridgehead atoms. The molecule has 1 fully saturated rings. The summed E-state index contributed by atoms with van der Waals surface area (Å²) in [6, 6.07) is 0. The van der Waals surface area contributed by atoms with Gasteiger partial charge in [-0.15, -0.1) is 0 Å². The molecule has 0 spiro atoms. The Morgan fingerprint density at radius 3 is 2.55 bits per heavy atom. The predicted octanol–water partition coefficient (Wildman–Crippen LogP) is 0.877. The first-order chi connectivity index (χ1) is 5.23. The third kappa shape index (κ3) is 1.72. The molecule has 11 heavy (non-hydrogen) atoms. The number of nitrogens with two attached hydrogens (primary N) is 1. The molecule has 1 aliphatic carbocycles. The van der Waals surface area contributed by atoms with Crippen molar-refractivity contribution in [2.45, 2.75) is 37.5 Å². The lowest BCUT2D eigenvalue weighted by atomic mass is 9.89. The number of methoxy groups -OCH3 is 2. The van der Waals surface area contributed by atoms with E-state index >= 15 is 0 Å². The average Bonchev–Trinajstić information content (AvgIpc) is 2.05. The molecule has 0 aromatic rings. The van der Waals surface area contributed by atoms with Crippen LogP contribution in [0.25, 0.3) is 0 Å². The van der Waals surface area contributed by atoms with Gasteiger partial charge in [0.05, 0.1) is 6.10 Å². The zero-order valence-corrected chi connectivity index (χ0v) is 7.30. The number of ether oxygens (including phenoxy) is 2. The Bertz CT molecular complexity index is 129. The molecule has 0 aromatic carbocycles. The van der Waals surface area contributed by atoms with E-state index in [0.717, 1.165) is 19.3 Å². The monoisotopic (exact) mass is 159 g/mol. The summed E-state index contributed by atoms with van der Waals surface area (Å²) in [6.45, 7) is 0. The van der Waals surface area contributed by atoms with Crippen molar-refractivity contribution in [1.29, 1.82) is 0 Å².